The van der Waals surface area contributed by atoms with E-state index in [1.165, 1.54) is 12.3 Å². The fraction of sp³-hybridized carbons (Fsp3) is 0.450. The Bertz CT molecular complexity index is 1080. The Hall–Kier alpha value is -2.77. The number of amides is 1. The summed E-state index contributed by atoms with van der Waals surface area (Å²) in [6.45, 7) is -2.92. The smallest absolute Gasteiger partial charge is 0.418 e. The third-order valence-corrected chi connectivity index (χ3v) is 5.75. The molecule has 34 heavy (non-hydrogen) atoms. The molecular formula is C20H17ClF5N3O5. The summed E-state index contributed by atoms with van der Waals surface area (Å²) in [5.74, 6) is -2.77. The zero-order chi connectivity index (χ0) is 24.7. The number of halogens is 6. The molecule has 0 radical (unpaired) electrons. The van der Waals surface area contributed by atoms with Gasteiger partial charge in [0.25, 0.3) is 0 Å². The van der Waals surface area contributed by atoms with Crippen LogP contribution in [0.3, 0.4) is 0 Å². The van der Waals surface area contributed by atoms with Crippen molar-refractivity contribution in [1.82, 2.24) is 9.97 Å². The number of carbonyl (C=O) groups is 1. The van der Waals surface area contributed by atoms with Crippen LogP contribution < -0.4 is 9.64 Å². The van der Waals surface area contributed by atoms with Crippen LogP contribution in [0.4, 0.5) is 32.6 Å². The first-order valence-corrected chi connectivity index (χ1v) is 10.3. The van der Waals surface area contributed by atoms with Gasteiger partial charge in [0, 0.05) is 18.8 Å². The van der Waals surface area contributed by atoms with Crippen LogP contribution in [-0.2, 0) is 26.2 Å². The highest BCUT2D eigenvalue weighted by Gasteiger charge is 2.49. The Kier molecular flexibility index (Phi) is 6.53. The summed E-state index contributed by atoms with van der Waals surface area (Å²) < 4.78 is 86.5. The number of hydrogen-bond acceptors (Lipinski definition) is 7. The minimum absolute atomic E-state index is 0.0262. The second kappa shape index (κ2) is 9.12. The van der Waals surface area contributed by atoms with E-state index in [0.717, 1.165) is 12.0 Å². The molecular weight excluding hydrogens is 493 g/mol. The first-order chi connectivity index (χ1) is 16.1. The molecule has 1 fully saturated rings. The molecule has 0 saturated carbocycles. The van der Waals surface area contributed by atoms with Crippen molar-refractivity contribution in [2.45, 2.75) is 37.5 Å². The molecule has 1 atom stereocenters. The molecule has 0 bridgehead atoms. The van der Waals surface area contributed by atoms with Gasteiger partial charge in [-0.2, -0.15) is 22.0 Å². The SMILES string of the molecule is COC(=O)N(c1ncc(C(F)(F)F)cc1OC(F)F)C1CCC2(OCCO2)c2c1ccnc2Cl. The van der Waals surface area contributed by atoms with Gasteiger partial charge in [-0.05, 0) is 24.1 Å². The standard InChI is InChI=1S/C20H17ClF5N3O5/c1-31-18(30)29(16-13(34-17(22)23)8-10(9-28-16)20(24,25)26)12-2-4-19(32-6-7-33-19)14-11(12)3-5-27-15(14)21/h3,5,8-9,12,17H,2,4,6-7H2,1H3. The highest BCUT2D eigenvalue weighted by atomic mass is 35.5. The van der Waals surface area contributed by atoms with Crippen LogP contribution in [0.2, 0.25) is 5.15 Å². The lowest BCUT2D eigenvalue weighted by molar-refractivity contribution is -0.177. The number of aromatic nitrogens is 2. The van der Waals surface area contributed by atoms with E-state index in [4.69, 9.17) is 25.8 Å². The van der Waals surface area contributed by atoms with Gasteiger partial charge in [0.2, 0.25) is 0 Å². The topological polar surface area (TPSA) is 83.0 Å². The normalized spacial score (nSPS) is 19.2. The van der Waals surface area contributed by atoms with E-state index in [1.54, 1.807) is 0 Å². The molecule has 4 rings (SSSR count). The number of methoxy groups -OCH3 is 1. The molecule has 0 N–H and O–H groups in total. The number of fused-ring (bicyclic) bond motifs is 2. The quantitative estimate of drug-likeness (QED) is 0.421. The largest absolute Gasteiger partial charge is 0.452 e. The second-order valence-electron chi connectivity index (χ2n) is 7.33. The molecule has 8 nitrogen and oxygen atoms in total. The van der Waals surface area contributed by atoms with Gasteiger partial charge in [0.15, 0.2) is 17.4 Å². The number of rotatable bonds is 4. The van der Waals surface area contributed by atoms with Gasteiger partial charge >= 0.3 is 18.9 Å². The minimum atomic E-state index is -4.89. The first kappa shape index (κ1) is 24.4. The number of anilines is 1. The van der Waals surface area contributed by atoms with Crippen LogP contribution in [0.15, 0.2) is 24.5 Å². The molecule has 1 unspecified atom stereocenters. The van der Waals surface area contributed by atoms with Gasteiger partial charge in [-0.3, -0.25) is 4.90 Å². The number of carbonyl (C=O) groups excluding carboxylic acids is 1. The van der Waals surface area contributed by atoms with Gasteiger partial charge in [-0.1, -0.05) is 11.6 Å². The third kappa shape index (κ3) is 4.34. The Morgan fingerprint density at radius 2 is 2.00 bits per heavy atom. The van der Waals surface area contributed by atoms with Crippen molar-refractivity contribution < 1.29 is 45.7 Å². The molecule has 1 spiro atoms. The lowest BCUT2D eigenvalue weighted by atomic mass is 9.83. The maximum absolute atomic E-state index is 13.2. The first-order valence-electron chi connectivity index (χ1n) is 9.89. The zero-order valence-electron chi connectivity index (χ0n) is 17.4. The van der Waals surface area contributed by atoms with Gasteiger partial charge in [0.05, 0.1) is 37.5 Å². The van der Waals surface area contributed by atoms with Crippen molar-refractivity contribution in [3.05, 3.63) is 46.4 Å². The number of ether oxygens (including phenoxy) is 4. The van der Waals surface area contributed by atoms with Crippen molar-refractivity contribution in [3.8, 4) is 5.75 Å². The molecule has 2 aromatic heterocycles. The Morgan fingerprint density at radius 1 is 1.29 bits per heavy atom. The molecule has 14 heteroatoms. The molecule has 1 amide bonds. The van der Waals surface area contributed by atoms with E-state index in [1.807, 2.05) is 0 Å². The van der Waals surface area contributed by atoms with Gasteiger partial charge < -0.3 is 18.9 Å². The average molecular weight is 510 g/mol. The highest BCUT2D eigenvalue weighted by Crippen LogP contribution is 2.51. The van der Waals surface area contributed by atoms with E-state index in [0.29, 0.717) is 23.4 Å². The van der Waals surface area contributed by atoms with E-state index >= 15 is 0 Å². The molecule has 1 aliphatic heterocycles. The Morgan fingerprint density at radius 3 is 2.62 bits per heavy atom. The zero-order valence-corrected chi connectivity index (χ0v) is 18.2. The highest BCUT2D eigenvalue weighted by molar-refractivity contribution is 6.30. The van der Waals surface area contributed by atoms with Crippen molar-refractivity contribution in [3.63, 3.8) is 0 Å². The van der Waals surface area contributed by atoms with Gasteiger partial charge in [-0.25, -0.2) is 14.8 Å². The van der Waals surface area contributed by atoms with Crippen molar-refractivity contribution >= 4 is 23.5 Å². The predicted molar refractivity (Wildman–Crippen MR) is 106 cm³/mol. The number of pyridine rings is 2. The second-order valence-corrected chi connectivity index (χ2v) is 7.69. The molecule has 3 heterocycles. The van der Waals surface area contributed by atoms with Crippen LogP contribution in [0, 0.1) is 0 Å². The Balaban J connectivity index is 1.87. The monoisotopic (exact) mass is 509 g/mol. The maximum Gasteiger partial charge on any atom is 0.418 e. The summed E-state index contributed by atoms with van der Waals surface area (Å²) in [7, 11) is 1.03. The van der Waals surface area contributed by atoms with Crippen molar-refractivity contribution in [2.24, 2.45) is 0 Å². The maximum atomic E-state index is 13.2. The molecule has 184 valence electrons. The number of nitrogens with zero attached hydrogens (tertiary/aromatic N) is 3. The number of hydrogen-bond donors (Lipinski definition) is 0. The molecule has 2 aromatic rings. The van der Waals surface area contributed by atoms with Gasteiger partial charge in [0.1, 0.15) is 5.15 Å². The van der Waals surface area contributed by atoms with E-state index < -0.39 is 47.8 Å². The van der Waals surface area contributed by atoms with Crippen LogP contribution in [0.5, 0.6) is 5.75 Å². The predicted octanol–water partition coefficient (Wildman–Crippen LogP) is 5.06. The van der Waals surface area contributed by atoms with E-state index in [-0.39, 0.29) is 31.2 Å². The minimum Gasteiger partial charge on any atom is -0.452 e. The summed E-state index contributed by atoms with van der Waals surface area (Å²) in [4.78, 5) is 21.4. The molecule has 2 aliphatic rings. The summed E-state index contributed by atoms with van der Waals surface area (Å²) in [6, 6.07) is 0.912. The molecule has 1 saturated heterocycles. The van der Waals surface area contributed by atoms with Crippen LogP contribution in [0.25, 0.3) is 0 Å². The summed E-state index contributed by atoms with van der Waals surface area (Å²) in [5.41, 5.74) is -0.634. The van der Waals surface area contributed by atoms with Gasteiger partial charge in [-0.15, -0.1) is 0 Å². The fourth-order valence-electron chi connectivity index (χ4n) is 4.14. The molecule has 1 aliphatic carbocycles. The summed E-state index contributed by atoms with van der Waals surface area (Å²) >= 11 is 6.34. The van der Waals surface area contributed by atoms with E-state index in [9.17, 15) is 26.7 Å². The lowest BCUT2D eigenvalue weighted by Gasteiger charge is -2.41. The summed E-state index contributed by atoms with van der Waals surface area (Å²) in [5, 5.41) is 0.0262. The third-order valence-electron chi connectivity index (χ3n) is 5.46. The van der Waals surface area contributed by atoms with E-state index in [2.05, 4.69) is 14.7 Å². The average Bonchev–Trinajstić information content (AvgIpc) is 3.24. The van der Waals surface area contributed by atoms with Crippen molar-refractivity contribution in [2.75, 3.05) is 25.2 Å². The number of alkyl halides is 5. The van der Waals surface area contributed by atoms with Crippen LogP contribution >= 0.6 is 11.6 Å². The van der Waals surface area contributed by atoms with Crippen LogP contribution in [0.1, 0.15) is 35.6 Å². The Labute approximate surface area is 194 Å². The van der Waals surface area contributed by atoms with Crippen molar-refractivity contribution in [1.29, 1.82) is 0 Å². The summed E-state index contributed by atoms with van der Waals surface area (Å²) in [6.07, 6.45) is -3.87. The lowest BCUT2D eigenvalue weighted by Crippen LogP contribution is -2.42. The fourth-order valence-corrected chi connectivity index (χ4v) is 4.45. The molecule has 0 aromatic carbocycles. The van der Waals surface area contributed by atoms with Crippen LogP contribution in [-0.4, -0.2) is 43.0 Å².